The molecule has 3 aromatic heterocycles. The molecule has 70 heavy (non-hydrogen) atoms. The van der Waals surface area contributed by atoms with Crippen molar-refractivity contribution in [2.24, 2.45) is 0 Å². The number of furan rings is 2. The summed E-state index contributed by atoms with van der Waals surface area (Å²) in [6, 6.07) is 73.6. The standard InChI is InChI=1S/C64H50BN3O2/c1-64(2,3)46-31-30-45(51(36-46)44-22-11-6-12-23-44)40-67-54-35-43(39-66(37-41-18-7-4-8-19-41)38-42-20-9-5-10-21-42)34-52-47-26-17-27-50-60(47)68(61-49-25-14-16-29-56(49)70-63(50)61)65(59(52)54)53-32-33-57-58(62(53)67)48-24-13-15-28-55(48)69-57/h4-36H,37-40H2,1-3H3. The molecule has 5 nitrogen and oxygen atoms in total. The van der Waals surface area contributed by atoms with E-state index in [4.69, 9.17) is 8.83 Å². The van der Waals surface area contributed by atoms with Crippen molar-refractivity contribution in [2.45, 2.75) is 52.4 Å². The van der Waals surface area contributed by atoms with Crippen molar-refractivity contribution in [1.29, 1.82) is 0 Å². The molecule has 0 radical (unpaired) electrons. The summed E-state index contributed by atoms with van der Waals surface area (Å²) in [7, 11) is 0. The average Bonchev–Trinajstić information content (AvgIpc) is 4.06. The Morgan fingerprint density at radius 2 is 1.14 bits per heavy atom. The van der Waals surface area contributed by atoms with Gasteiger partial charge in [-0.2, -0.15) is 0 Å². The summed E-state index contributed by atoms with van der Waals surface area (Å²) in [5.74, 6) is 0. The lowest BCUT2D eigenvalue weighted by atomic mass is 9.45. The highest BCUT2D eigenvalue weighted by Gasteiger charge is 2.44. The molecule has 9 aromatic carbocycles. The minimum atomic E-state index is -0.152. The Balaban J connectivity index is 1.07. The topological polar surface area (TPSA) is 37.7 Å². The van der Waals surface area contributed by atoms with Gasteiger partial charge in [0.15, 0.2) is 5.58 Å². The number of rotatable bonds is 9. The molecule has 2 aliphatic rings. The summed E-state index contributed by atoms with van der Waals surface area (Å²) < 4.78 is 16.3. The SMILES string of the molecule is CC(C)(C)c1ccc(CN2c3cc(CN(Cc4ccccc4)Cc4ccccc4)cc4c3B(c3ccc5oc6ccccc6c5c32)n2c3c-4cccc3c3oc4ccccc4c32)c(-c2ccccc2)c1. The summed E-state index contributed by atoms with van der Waals surface area (Å²) in [5.41, 5.74) is 22.4. The van der Waals surface area contributed by atoms with Gasteiger partial charge in [-0.3, -0.25) is 4.90 Å². The van der Waals surface area contributed by atoms with Gasteiger partial charge in [-0.1, -0.05) is 185 Å². The van der Waals surface area contributed by atoms with Gasteiger partial charge in [0.1, 0.15) is 16.7 Å². The van der Waals surface area contributed by atoms with Crippen LogP contribution in [-0.4, -0.2) is 16.2 Å². The van der Waals surface area contributed by atoms with E-state index < -0.39 is 0 Å². The van der Waals surface area contributed by atoms with Crippen molar-refractivity contribution in [3.05, 3.63) is 228 Å². The maximum Gasteiger partial charge on any atom is 0.333 e. The van der Waals surface area contributed by atoms with Crippen molar-refractivity contribution in [1.82, 2.24) is 9.38 Å². The Labute approximate surface area is 407 Å². The Morgan fingerprint density at radius 1 is 0.500 bits per heavy atom. The zero-order valence-corrected chi connectivity index (χ0v) is 39.6. The third-order valence-electron chi connectivity index (χ3n) is 15.1. The second kappa shape index (κ2) is 15.7. The smallest absolute Gasteiger partial charge is 0.333 e. The molecule has 2 aliphatic heterocycles. The maximum atomic E-state index is 6.90. The molecule has 14 rings (SSSR count). The molecule has 0 amide bonds. The highest BCUT2D eigenvalue weighted by Crippen LogP contribution is 2.49. The van der Waals surface area contributed by atoms with Crippen LogP contribution in [0.2, 0.25) is 0 Å². The van der Waals surface area contributed by atoms with Crippen molar-refractivity contribution in [3.8, 4) is 22.3 Å². The van der Waals surface area contributed by atoms with E-state index in [0.29, 0.717) is 6.54 Å². The molecule has 0 atom stereocenters. The van der Waals surface area contributed by atoms with Crippen LogP contribution in [0.5, 0.6) is 0 Å². The van der Waals surface area contributed by atoms with Gasteiger partial charge in [0.25, 0.3) is 0 Å². The molecular weight excluding hydrogens is 854 g/mol. The number of para-hydroxylation sites is 3. The molecule has 5 heterocycles. The fourth-order valence-corrected chi connectivity index (χ4v) is 11.9. The summed E-state index contributed by atoms with van der Waals surface area (Å²) >= 11 is 0. The molecule has 0 fully saturated rings. The van der Waals surface area contributed by atoms with Crippen LogP contribution < -0.4 is 15.8 Å². The van der Waals surface area contributed by atoms with Crippen LogP contribution in [0.4, 0.5) is 11.4 Å². The van der Waals surface area contributed by atoms with E-state index in [2.05, 4.69) is 235 Å². The molecule has 0 aliphatic carbocycles. The van der Waals surface area contributed by atoms with Gasteiger partial charge in [0.05, 0.1) is 16.6 Å². The van der Waals surface area contributed by atoms with Gasteiger partial charge < -0.3 is 18.2 Å². The number of nitrogens with zero attached hydrogens (tertiary/aromatic N) is 3. The Kier molecular flexibility index (Phi) is 9.21. The number of hydrogen-bond acceptors (Lipinski definition) is 4. The molecule has 0 saturated heterocycles. The number of fused-ring (bicyclic) bond motifs is 13. The first-order valence-corrected chi connectivity index (χ1v) is 24.7. The zero-order valence-electron chi connectivity index (χ0n) is 39.6. The molecule has 336 valence electrons. The van der Waals surface area contributed by atoms with E-state index in [1.54, 1.807) is 0 Å². The minimum Gasteiger partial charge on any atom is -0.456 e. The third kappa shape index (κ3) is 6.43. The van der Waals surface area contributed by atoms with Gasteiger partial charge in [-0.25, -0.2) is 0 Å². The number of anilines is 2. The largest absolute Gasteiger partial charge is 0.456 e. The van der Waals surface area contributed by atoms with Gasteiger partial charge >= 0.3 is 6.85 Å². The van der Waals surface area contributed by atoms with Crippen LogP contribution in [0, 0.1) is 0 Å². The second-order valence-corrected chi connectivity index (χ2v) is 20.5. The molecule has 0 bridgehead atoms. The maximum absolute atomic E-state index is 6.90. The number of hydrogen-bond donors (Lipinski definition) is 0. The molecule has 12 aromatic rings. The molecular formula is C64H50BN3O2. The second-order valence-electron chi connectivity index (χ2n) is 20.5. The Morgan fingerprint density at radius 3 is 1.87 bits per heavy atom. The number of aromatic nitrogens is 1. The zero-order chi connectivity index (χ0) is 46.7. The fourth-order valence-electron chi connectivity index (χ4n) is 11.9. The van der Waals surface area contributed by atoms with Crippen LogP contribution in [0.15, 0.2) is 209 Å². The molecule has 0 spiro atoms. The monoisotopic (exact) mass is 903 g/mol. The van der Waals surface area contributed by atoms with Gasteiger partial charge in [0.2, 0.25) is 0 Å². The van der Waals surface area contributed by atoms with Crippen LogP contribution in [0.3, 0.4) is 0 Å². The normalized spacial score (nSPS) is 13.1. The lowest BCUT2D eigenvalue weighted by Crippen LogP contribution is -2.57. The first kappa shape index (κ1) is 41.0. The van der Waals surface area contributed by atoms with Crippen LogP contribution in [-0.2, 0) is 31.6 Å². The first-order chi connectivity index (χ1) is 34.3. The summed E-state index contributed by atoms with van der Waals surface area (Å²) in [5, 5.41) is 4.53. The van der Waals surface area contributed by atoms with Crippen LogP contribution >= 0.6 is 0 Å². The van der Waals surface area contributed by atoms with Crippen LogP contribution in [0.1, 0.15) is 48.6 Å². The summed E-state index contributed by atoms with van der Waals surface area (Å²) in [6.07, 6.45) is 0. The highest BCUT2D eigenvalue weighted by atomic mass is 16.3. The summed E-state index contributed by atoms with van der Waals surface area (Å²) in [4.78, 5) is 5.26. The van der Waals surface area contributed by atoms with E-state index in [1.165, 1.54) is 77.9 Å². The van der Waals surface area contributed by atoms with E-state index in [9.17, 15) is 0 Å². The van der Waals surface area contributed by atoms with Crippen molar-refractivity contribution < 1.29 is 8.83 Å². The van der Waals surface area contributed by atoms with Crippen LogP contribution in [0.25, 0.3) is 77.2 Å². The predicted octanol–water partition coefficient (Wildman–Crippen LogP) is 14.9. The molecule has 0 unspecified atom stereocenters. The van der Waals surface area contributed by atoms with Gasteiger partial charge in [-0.05, 0) is 97.2 Å². The Bertz CT molecular complexity index is 3970. The average molecular weight is 904 g/mol. The highest BCUT2D eigenvalue weighted by molar-refractivity contribution is 6.90. The van der Waals surface area contributed by atoms with Crippen molar-refractivity contribution in [2.75, 3.05) is 4.90 Å². The molecule has 0 N–H and O–H groups in total. The lowest BCUT2D eigenvalue weighted by Gasteiger charge is -2.41. The molecule has 0 saturated carbocycles. The minimum absolute atomic E-state index is 0.0221. The molecule has 6 heteroatoms. The van der Waals surface area contributed by atoms with E-state index in [0.717, 1.165) is 69.0 Å². The summed E-state index contributed by atoms with van der Waals surface area (Å²) in [6.45, 7) is 9.83. The van der Waals surface area contributed by atoms with E-state index in [-0.39, 0.29) is 12.3 Å². The van der Waals surface area contributed by atoms with Crippen molar-refractivity contribution in [3.63, 3.8) is 0 Å². The van der Waals surface area contributed by atoms with Crippen molar-refractivity contribution >= 4 is 84.1 Å². The lowest BCUT2D eigenvalue weighted by molar-refractivity contribution is 0.248. The Hall–Kier alpha value is -8.06. The fraction of sp³-hybridized carbons (Fsp3) is 0.125. The number of benzene rings is 9. The first-order valence-electron chi connectivity index (χ1n) is 24.7. The predicted molar refractivity (Wildman–Crippen MR) is 291 cm³/mol. The van der Waals surface area contributed by atoms with Gasteiger partial charge in [0, 0.05) is 59.1 Å². The third-order valence-corrected chi connectivity index (χ3v) is 15.1. The van der Waals surface area contributed by atoms with Gasteiger partial charge in [-0.15, -0.1) is 0 Å². The quantitative estimate of drug-likeness (QED) is 0.135. The van der Waals surface area contributed by atoms with E-state index >= 15 is 0 Å². The van der Waals surface area contributed by atoms with E-state index in [1.807, 2.05) is 0 Å².